The summed E-state index contributed by atoms with van der Waals surface area (Å²) in [7, 11) is 0. The molecule has 1 aliphatic rings. The van der Waals surface area contributed by atoms with Crippen LogP contribution in [0.15, 0.2) is 42.5 Å². The van der Waals surface area contributed by atoms with E-state index in [2.05, 4.69) is 10.6 Å². The Morgan fingerprint density at radius 1 is 0.919 bits per heavy atom. The maximum atomic E-state index is 13.3. The van der Waals surface area contributed by atoms with Gasteiger partial charge < -0.3 is 25.3 Å². The monoisotopic (exact) mass is 519 g/mol. The van der Waals surface area contributed by atoms with Crippen molar-refractivity contribution in [1.29, 1.82) is 0 Å². The van der Waals surface area contributed by atoms with Crippen LogP contribution in [0.3, 0.4) is 0 Å². The van der Waals surface area contributed by atoms with Crippen molar-refractivity contribution >= 4 is 34.9 Å². The molecule has 3 rings (SSSR count). The summed E-state index contributed by atoms with van der Waals surface area (Å²) in [4.78, 5) is 43.0. The third-order valence-electron chi connectivity index (χ3n) is 6.16. The Bertz CT molecular complexity index is 1130. The first-order chi connectivity index (χ1) is 17.5. The number of nitrogens with one attached hydrogen (secondary N) is 2. The Morgan fingerprint density at radius 3 is 2.27 bits per heavy atom. The zero-order valence-corrected chi connectivity index (χ0v) is 21.2. The minimum Gasteiger partial charge on any atom is -0.369 e. The summed E-state index contributed by atoms with van der Waals surface area (Å²) in [6.07, 6.45) is -3.90. The van der Waals surface area contributed by atoms with Crippen LogP contribution in [-0.2, 0) is 11.0 Å². The lowest BCUT2D eigenvalue weighted by molar-refractivity contribution is -0.137. The van der Waals surface area contributed by atoms with E-state index in [0.717, 1.165) is 12.1 Å². The maximum Gasteiger partial charge on any atom is 0.416 e. The van der Waals surface area contributed by atoms with Gasteiger partial charge in [-0.25, -0.2) is 4.79 Å². The van der Waals surface area contributed by atoms with Crippen molar-refractivity contribution in [2.75, 3.05) is 54.8 Å². The number of benzene rings is 2. The van der Waals surface area contributed by atoms with Gasteiger partial charge in [0.1, 0.15) is 0 Å². The first kappa shape index (κ1) is 27.8. The van der Waals surface area contributed by atoms with E-state index in [-0.39, 0.29) is 17.5 Å². The van der Waals surface area contributed by atoms with Gasteiger partial charge in [0, 0.05) is 63.3 Å². The van der Waals surface area contributed by atoms with Gasteiger partial charge in [0.05, 0.1) is 11.1 Å². The topological polar surface area (TPSA) is 85.0 Å². The third-order valence-corrected chi connectivity index (χ3v) is 6.16. The number of amides is 4. The lowest BCUT2D eigenvalue weighted by atomic mass is 10.1. The van der Waals surface area contributed by atoms with Gasteiger partial charge >= 0.3 is 12.2 Å². The first-order valence-electron chi connectivity index (χ1n) is 12.2. The zero-order valence-electron chi connectivity index (χ0n) is 21.2. The summed E-state index contributed by atoms with van der Waals surface area (Å²) in [6.45, 7) is 7.97. The van der Waals surface area contributed by atoms with E-state index in [0.29, 0.717) is 62.6 Å². The van der Waals surface area contributed by atoms with Crippen molar-refractivity contribution in [3.8, 4) is 0 Å². The fourth-order valence-corrected chi connectivity index (χ4v) is 4.28. The van der Waals surface area contributed by atoms with Gasteiger partial charge in [0.15, 0.2) is 0 Å². The van der Waals surface area contributed by atoms with Gasteiger partial charge in [-0.3, -0.25) is 9.59 Å². The molecule has 0 unspecified atom stereocenters. The van der Waals surface area contributed by atoms with Crippen LogP contribution in [0.1, 0.15) is 43.1 Å². The van der Waals surface area contributed by atoms with Crippen molar-refractivity contribution in [2.45, 2.75) is 33.4 Å². The Hall–Kier alpha value is -3.76. The number of rotatable bonds is 6. The summed E-state index contributed by atoms with van der Waals surface area (Å²) in [5, 5.41) is 5.28. The molecule has 11 heteroatoms. The number of alkyl halides is 3. The average Bonchev–Trinajstić information content (AvgIpc) is 3.10. The van der Waals surface area contributed by atoms with Gasteiger partial charge in [-0.15, -0.1) is 0 Å². The molecule has 1 saturated heterocycles. The summed E-state index contributed by atoms with van der Waals surface area (Å²) in [5.41, 5.74) is 0.911. The Labute approximate surface area is 214 Å². The molecule has 0 spiro atoms. The highest BCUT2D eigenvalue weighted by Gasteiger charge is 2.31. The molecule has 37 heavy (non-hydrogen) atoms. The zero-order chi connectivity index (χ0) is 27.2. The normalized spacial score (nSPS) is 14.1. The van der Waals surface area contributed by atoms with Gasteiger partial charge in [-0.05, 0) is 56.7 Å². The lowest BCUT2D eigenvalue weighted by Gasteiger charge is -2.28. The smallest absolute Gasteiger partial charge is 0.369 e. The van der Waals surface area contributed by atoms with Crippen LogP contribution in [-0.4, -0.2) is 66.9 Å². The second-order valence-electron chi connectivity index (χ2n) is 8.73. The summed E-state index contributed by atoms with van der Waals surface area (Å²) in [5.74, 6) is -0.401. The number of halogens is 3. The molecule has 1 fully saturated rings. The van der Waals surface area contributed by atoms with Gasteiger partial charge in [-0.1, -0.05) is 6.07 Å². The summed E-state index contributed by atoms with van der Waals surface area (Å²) in [6, 6.07) is 9.24. The SMILES string of the molecule is CCN(CC)C(=O)c1cc(NC(C)=O)ccc1N1CCCN(C(=O)Nc2cccc(C(F)(F)F)c2)CC1. The molecule has 0 atom stereocenters. The van der Waals surface area contributed by atoms with Crippen LogP contribution in [0, 0.1) is 0 Å². The highest BCUT2D eigenvalue weighted by Crippen LogP contribution is 2.31. The van der Waals surface area contributed by atoms with Crippen LogP contribution in [0.4, 0.5) is 35.0 Å². The van der Waals surface area contributed by atoms with Crippen LogP contribution < -0.4 is 15.5 Å². The molecule has 1 heterocycles. The van der Waals surface area contributed by atoms with E-state index < -0.39 is 17.8 Å². The van der Waals surface area contributed by atoms with E-state index in [1.807, 2.05) is 18.7 Å². The Morgan fingerprint density at radius 2 is 1.62 bits per heavy atom. The molecule has 4 amide bonds. The highest BCUT2D eigenvalue weighted by molar-refractivity contribution is 6.02. The number of hydrogen-bond acceptors (Lipinski definition) is 4. The number of hydrogen-bond donors (Lipinski definition) is 2. The van der Waals surface area contributed by atoms with Crippen molar-refractivity contribution in [3.05, 3.63) is 53.6 Å². The molecule has 2 aromatic rings. The van der Waals surface area contributed by atoms with Crippen LogP contribution >= 0.6 is 0 Å². The summed E-state index contributed by atoms with van der Waals surface area (Å²) < 4.78 is 39.0. The molecule has 0 saturated carbocycles. The largest absolute Gasteiger partial charge is 0.416 e. The predicted molar refractivity (Wildman–Crippen MR) is 137 cm³/mol. The standard InChI is InChI=1S/C26H32F3N5O3/c1-4-32(5-2)24(36)22-17-21(30-18(3)35)10-11-23(22)33-12-7-13-34(15-14-33)25(37)31-20-9-6-8-19(16-20)26(27,28)29/h6,8-11,16-17H,4-5,7,12-15H2,1-3H3,(H,30,35)(H,31,37). The molecular weight excluding hydrogens is 487 g/mol. The first-order valence-corrected chi connectivity index (χ1v) is 12.2. The van der Waals surface area contributed by atoms with E-state index in [1.165, 1.54) is 19.1 Å². The third kappa shape index (κ3) is 7.14. The molecule has 8 nitrogen and oxygen atoms in total. The van der Waals surface area contributed by atoms with Crippen molar-refractivity contribution in [1.82, 2.24) is 9.80 Å². The molecule has 0 aromatic heterocycles. The van der Waals surface area contributed by atoms with Crippen LogP contribution in [0.5, 0.6) is 0 Å². The van der Waals surface area contributed by atoms with Crippen LogP contribution in [0.2, 0.25) is 0 Å². The van der Waals surface area contributed by atoms with Crippen molar-refractivity contribution < 1.29 is 27.6 Å². The Balaban J connectivity index is 1.77. The van der Waals surface area contributed by atoms with Gasteiger partial charge in [-0.2, -0.15) is 13.2 Å². The second kappa shape index (κ2) is 12.0. The van der Waals surface area contributed by atoms with E-state index in [4.69, 9.17) is 0 Å². The van der Waals surface area contributed by atoms with Crippen molar-refractivity contribution in [3.63, 3.8) is 0 Å². The molecule has 200 valence electrons. The number of carbonyl (C=O) groups is 3. The fraction of sp³-hybridized carbons (Fsp3) is 0.423. The van der Waals surface area contributed by atoms with Crippen LogP contribution in [0.25, 0.3) is 0 Å². The number of carbonyl (C=O) groups excluding carboxylic acids is 3. The second-order valence-corrected chi connectivity index (χ2v) is 8.73. The fourth-order valence-electron chi connectivity index (χ4n) is 4.28. The predicted octanol–water partition coefficient (Wildman–Crippen LogP) is 4.89. The molecule has 2 aromatic carbocycles. The minimum absolute atomic E-state index is 0.0709. The van der Waals surface area contributed by atoms with E-state index in [1.54, 1.807) is 28.0 Å². The molecular formula is C26H32F3N5O3. The maximum absolute atomic E-state index is 13.3. The van der Waals surface area contributed by atoms with Crippen molar-refractivity contribution in [2.24, 2.45) is 0 Å². The molecule has 0 aliphatic carbocycles. The molecule has 0 radical (unpaired) electrons. The van der Waals surface area contributed by atoms with E-state index >= 15 is 0 Å². The molecule has 2 N–H and O–H groups in total. The average molecular weight is 520 g/mol. The minimum atomic E-state index is -4.50. The number of nitrogens with zero attached hydrogens (tertiary/aromatic N) is 3. The molecule has 0 bridgehead atoms. The Kier molecular flexibility index (Phi) is 9.01. The lowest BCUT2D eigenvalue weighted by Crippen LogP contribution is -2.38. The van der Waals surface area contributed by atoms with Gasteiger partial charge in [0.2, 0.25) is 5.91 Å². The van der Waals surface area contributed by atoms with Gasteiger partial charge in [0.25, 0.3) is 5.91 Å². The van der Waals surface area contributed by atoms with E-state index in [9.17, 15) is 27.6 Å². The number of urea groups is 1. The quantitative estimate of drug-likeness (QED) is 0.569. The number of anilines is 3. The highest BCUT2D eigenvalue weighted by atomic mass is 19.4. The molecule has 1 aliphatic heterocycles. The summed E-state index contributed by atoms with van der Waals surface area (Å²) >= 11 is 0.